The van der Waals surface area contributed by atoms with Crippen molar-refractivity contribution in [1.82, 2.24) is 24.5 Å². The van der Waals surface area contributed by atoms with Crippen LogP contribution < -0.4 is 4.74 Å². The number of benzene rings is 3. The third kappa shape index (κ3) is 3.06. The van der Waals surface area contributed by atoms with Gasteiger partial charge >= 0.3 is 0 Å². The van der Waals surface area contributed by atoms with Gasteiger partial charge in [-0.2, -0.15) is 0 Å². The van der Waals surface area contributed by atoms with Gasteiger partial charge in [0.15, 0.2) is 0 Å². The number of aryl methyl sites for hydroxylation is 1. The Hall–Kier alpha value is -4.19. The molecule has 6 rings (SSSR count). The Morgan fingerprint density at radius 1 is 0.939 bits per heavy atom. The fraction of sp³-hybridized carbons (Fsp3) is 0.148. The molecule has 6 heteroatoms. The van der Waals surface area contributed by atoms with E-state index in [-0.39, 0.29) is 6.04 Å². The van der Waals surface area contributed by atoms with E-state index < -0.39 is 0 Å². The van der Waals surface area contributed by atoms with E-state index >= 15 is 0 Å². The SMILES string of the molecule is COc1cc2c(cc1-c1ccc3nc[nH]c3c1)ncc1nc(C)n([C@@H](C)c3ccccc3)c12. The molecule has 0 bridgehead atoms. The van der Waals surface area contributed by atoms with Gasteiger partial charge < -0.3 is 14.3 Å². The highest BCUT2D eigenvalue weighted by Gasteiger charge is 2.19. The van der Waals surface area contributed by atoms with Crippen LogP contribution in [-0.2, 0) is 0 Å². The van der Waals surface area contributed by atoms with Crippen LogP contribution in [-0.4, -0.2) is 31.6 Å². The first kappa shape index (κ1) is 19.5. The number of aromatic amines is 1. The number of nitrogens with one attached hydrogen (secondary N) is 1. The number of nitrogens with zero attached hydrogens (tertiary/aromatic N) is 4. The zero-order valence-corrected chi connectivity index (χ0v) is 18.7. The summed E-state index contributed by atoms with van der Waals surface area (Å²) in [6.45, 7) is 4.26. The quantitative estimate of drug-likeness (QED) is 0.367. The standard InChI is InChI=1S/C27H23N5O/c1-16(18-7-5-4-6-8-18)32-17(2)31-25-14-28-23-12-20(26(33-3)13-21(23)27(25)32)19-9-10-22-24(11-19)30-15-29-22/h4-16H,1-3H3,(H,29,30)/t16-/m0/s1. The third-order valence-corrected chi connectivity index (χ3v) is 6.41. The predicted octanol–water partition coefficient (Wildman–Crippen LogP) is 6.05. The number of H-pyrrole nitrogens is 1. The van der Waals surface area contributed by atoms with E-state index in [2.05, 4.69) is 76.9 Å². The van der Waals surface area contributed by atoms with Crippen molar-refractivity contribution in [2.24, 2.45) is 0 Å². The lowest BCUT2D eigenvalue weighted by molar-refractivity contribution is 0.417. The van der Waals surface area contributed by atoms with E-state index in [4.69, 9.17) is 14.7 Å². The Bertz CT molecular complexity index is 1630. The van der Waals surface area contributed by atoms with Crippen molar-refractivity contribution in [2.75, 3.05) is 7.11 Å². The number of aromatic nitrogens is 5. The summed E-state index contributed by atoms with van der Waals surface area (Å²) in [5.74, 6) is 1.76. The van der Waals surface area contributed by atoms with Gasteiger partial charge in [-0.1, -0.05) is 36.4 Å². The van der Waals surface area contributed by atoms with Crippen LogP contribution in [0.15, 0.2) is 73.2 Å². The molecule has 0 aliphatic heterocycles. The topological polar surface area (TPSA) is 68.6 Å². The molecule has 0 aliphatic rings. The Labute approximate surface area is 190 Å². The molecular formula is C27H23N5O. The second kappa shape index (κ2) is 7.45. The number of ether oxygens (including phenoxy) is 1. The van der Waals surface area contributed by atoms with Gasteiger partial charge in [-0.3, -0.25) is 4.98 Å². The number of fused-ring (bicyclic) bond motifs is 4. The highest BCUT2D eigenvalue weighted by molar-refractivity contribution is 6.05. The summed E-state index contributed by atoms with van der Waals surface area (Å²) in [5.41, 5.74) is 8.07. The van der Waals surface area contributed by atoms with Crippen molar-refractivity contribution >= 4 is 33.0 Å². The Morgan fingerprint density at radius 3 is 2.61 bits per heavy atom. The Balaban J connectivity index is 1.60. The Kier molecular flexibility index (Phi) is 4.40. The lowest BCUT2D eigenvalue weighted by atomic mass is 10.0. The predicted molar refractivity (Wildman–Crippen MR) is 132 cm³/mol. The van der Waals surface area contributed by atoms with Gasteiger partial charge in [0, 0.05) is 10.9 Å². The van der Waals surface area contributed by atoms with E-state index in [0.29, 0.717) is 0 Å². The average molecular weight is 434 g/mol. The van der Waals surface area contributed by atoms with Crippen molar-refractivity contribution in [1.29, 1.82) is 0 Å². The molecule has 3 aromatic carbocycles. The first-order valence-electron chi connectivity index (χ1n) is 11.0. The lowest BCUT2D eigenvalue weighted by Gasteiger charge is -2.18. The van der Waals surface area contributed by atoms with Gasteiger partial charge in [0.05, 0.1) is 47.7 Å². The average Bonchev–Trinajstić information content (AvgIpc) is 3.46. The smallest absolute Gasteiger partial charge is 0.127 e. The third-order valence-electron chi connectivity index (χ3n) is 6.41. The van der Waals surface area contributed by atoms with E-state index in [9.17, 15) is 0 Å². The maximum absolute atomic E-state index is 5.86. The van der Waals surface area contributed by atoms with Gasteiger partial charge in [-0.25, -0.2) is 9.97 Å². The molecule has 0 fully saturated rings. The van der Waals surface area contributed by atoms with Crippen molar-refractivity contribution in [3.8, 4) is 16.9 Å². The summed E-state index contributed by atoms with van der Waals surface area (Å²) in [4.78, 5) is 17.1. The van der Waals surface area contributed by atoms with Crippen LogP contribution in [0.2, 0.25) is 0 Å². The molecule has 0 amide bonds. The van der Waals surface area contributed by atoms with Gasteiger partial charge in [0.2, 0.25) is 0 Å². The van der Waals surface area contributed by atoms with Crippen LogP contribution in [0.5, 0.6) is 5.75 Å². The zero-order chi connectivity index (χ0) is 22.5. The monoisotopic (exact) mass is 433 g/mol. The fourth-order valence-corrected chi connectivity index (χ4v) is 4.77. The Morgan fingerprint density at radius 2 is 1.79 bits per heavy atom. The van der Waals surface area contributed by atoms with Crippen LogP contribution in [0.3, 0.4) is 0 Å². The van der Waals surface area contributed by atoms with Gasteiger partial charge in [0.25, 0.3) is 0 Å². The van der Waals surface area contributed by atoms with E-state index in [1.54, 1.807) is 13.4 Å². The second-order valence-electron chi connectivity index (χ2n) is 8.31. The van der Waals surface area contributed by atoms with Gasteiger partial charge in [-0.15, -0.1) is 0 Å². The molecule has 0 radical (unpaired) electrons. The van der Waals surface area contributed by atoms with Crippen LogP contribution in [0, 0.1) is 6.92 Å². The molecule has 1 atom stereocenters. The maximum atomic E-state index is 5.86. The van der Waals surface area contributed by atoms with Crippen molar-refractivity contribution in [3.05, 3.63) is 84.6 Å². The first-order chi connectivity index (χ1) is 16.1. The minimum Gasteiger partial charge on any atom is -0.496 e. The molecule has 0 saturated carbocycles. The minimum atomic E-state index is 0.134. The molecule has 0 spiro atoms. The highest BCUT2D eigenvalue weighted by Crippen LogP contribution is 2.38. The van der Waals surface area contributed by atoms with Crippen LogP contribution in [0.1, 0.15) is 24.4 Å². The van der Waals surface area contributed by atoms with Crippen molar-refractivity contribution in [2.45, 2.75) is 19.9 Å². The summed E-state index contributed by atoms with van der Waals surface area (Å²) >= 11 is 0. The molecule has 3 heterocycles. The normalized spacial score (nSPS) is 12.6. The van der Waals surface area contributed by atoms with Crippen LogP contribution in [0.25, 0.3) is 44.1 Å². The number of pyridine rings is 1. The number of hydrogen-bond acceptors (Lipinski definition) is 4. The summed E-state index contributed by atoms with van der Waals surface area (Å²) in [6.07, 6.45) is 3.58. The maximum Gasteiger partial charge on any atom is 0.127 e. The van der Waals surface area contributed by atoms with Crippen molar-refractivity contribution in [3.63, 3.8) is 0 Å². The number of methoxy groups -OCH3 is 1. The highest BCUT2D eigenvalue weighted by atomic mass is 16.5. The second-order valence-corrected chi connectivity index (χ2v) is 8.31. The molecule has 1 N–H and O–H groups in total. The molecule has 33 heavy (non-hydrogen) atoms. The first-order valence-corrected chi connectivity index (χ1v) is 11.0. The summed E-state index contributed by atoms with van der Waals surface area (Å²) in [7, 11) is 1.71. The zero-order valence-electron chi connectivity index (χ0n) is 18.7. The van der Waals surface area contributed by atoms with Gasteiger partial charge in [-0.05, 0) is 49.2 Å². The largest absolute Gasteiger partial charge is 0.496 e. The molecule has 0 unspecified atom stereocenters. The van der Waals surface area contributed by atoms with Gasteiger partial charge in [0.1, 0.15) is 17.1 Å². The van der Waals surface area contributed by atoms with E-state index in [0.717, 1.165) is 55.7 Å². The molecule has 3 aromatic heterocycles. The number of imidazole rings is 2. The van der Waals surface area contributed by atoms with E-state index in [1.807, 2.05) is 18.3 Å². The number of rotatable bonds is 4. The molecular weight excluding hydrogens is 410 g/mol. The molecule has 162 valence electrons. The number of hydrogen-bond donors (Lipinski definition) is 1. The van der Waals surface area contributed by atoms with Crippen molar-refractivity contribution < 1.29 is 4.74 Å². The summed E-state index contributed by atoms with van der Waals surface area (Å²) < 4.78 is 8.15. The molecule has 0 aliphatic carbocycles. The molecule has 0 saturated heterocycles. The fourth-order valence-electron chi connectivity index (χ4n) is 4.77. The summed E-state index contributed by atoms with van der Waals surface area (Å²) in [6, 6.07) is 21.0. The lowest BCUT2D eigenvalue weighted by Crippen LogP contribution is -2.08. The molecule has 6 nitrogen and oxygen atoms in total. The minimum absolute atomic E-state index is 0.134. The summed E-state index contributed by atoms with van der Waals surface area (Å²) in [5, 5.41) is 1.03. The van der Waals surface area contributed by atoms with E-state index in [1.165, 1.54) is 5.56 Å². The molecule has 6 aromatic rings. The van der Waals surface area contributed by atoms with Crippen LogP contribution >= 0.6 is 0 Å². The van der Waals surface area contributed by atoms with Crippen LogP contribution in [0.4, 0.5) is 0 Å².